The van der Waals surface area contributed by atoms with Crippen LogP contribution < -0.4 is 4.89 Å². The van der Waals surface area contributed by atoms with Gasteiger partial charge in [0.05, 0.1) is 34.4 Å². The zero-order chi connectivity index (χ0) is 51.9. The predicted molar refractivity (Wildman–Crippen MR) is 305 cm³/mol. The van der Waals surface area contributed by atoms with E-state index in [4.69, 9.17) is 18.5 Å². The Balaban J connectivity index is 4.14. The minimum absolute atomic E-state index is 0.0186. The number of esters is 1. The Hall–Kier alpha value is -2.58. The fourth-order valence-electron chi connectivity index (χ4n) is 7.70. The second kappa shape index (κ2) is 53.7. The summed E-state index contributed by atoms with van der Waals surface area (Å²) in [6, 6.07) is 0. The van der Waals surface area contributed by atoms with Crippen molar-refractivity contribution in [3.63, 3.8) is 0 Å². The predicted octanol–water partition coefficient (Wildman–Crippen LogP) is 17.9. The van der Waals surface area contributed by atoms with Crippen LogP contribution in [-0.2, 0) is 27.9 Å². The summed E-state index contributed by atoms with van der Waals surface area (Å²) in [6.07, 6.45) is 74.4. The highest BCUT2D eigenvalue weighted by atomic mass is 31.2. The number of hydrogen-bond acceptors (Lipinski definition) is 7. The summed E-state index contributed by atoms with van der Waals surface area (Å²) in [5, 5.41) is 0. The Labute approximate surface area is 438 Å². The van der Waals surface area contributed by atoms with Crippen LogP contribution in [0.5, 0.6) is 0 Å². The first kappa shape index (κ1) is 68.4. The van der Waals surface area contributed by atoms with E-state index in [9.17, 15) is 14.3 Å². The molecule has 0 N–H and O–H groups in total. The van der Waals surface area contributed by atoms with E-state index in [1.165, 1.54) is 122 Å². The van der Waals surface area contributed by atoms with Crippen molar-refractivity contribution in [1.29, 1.82) is 0 Å². The van der Waals surface area contributed by atoms with Gasteiger partial charge in [-0.15, -0.1) is 0 Å². The van der Waals surface area contributed by atoms with Crippen molar-refractivity contribution < 1.29 is 37.3 Å². The molecule has 0 aromatic carbocycles. The summed E-state index contributed by atoms with van der Waals surface area (Å²) in [7, 11) is 1.34. The maximum Gasteiger partial charge on any atom is 0.306 e. The molecule has 2 atom stereocenters. The van der Waals surface area contributed by atoms with Crippen LogP contribution in [0.3, 0.4) is 0 Å². The number of allylic oxidation sites excluding steroid dienone is 16. The average Bonchev–Trinajstić information content (AvgIpc) is 3.33. The maximum atomic E-state index is 12.8. The molecule has 0 amide bonds. The van der Waals surface area contributed by atoms with Gasteiger partial charge in [0.1, 0.15) is 19.3 Å². The van der Waals surface area contributed by atoms with Crippen LogP contribution >= 0.6 is 7.82 Å². The molecule has 0 heterocycles. The molecule has 0 saturated carbocycles. The molecule has 410 valence electrons. The number of likely N-dealkylation sites (N-methyl/N-ethyl adjacent to an activating group) is 1. The van der Waals surface area contributed by atoms with E-state index in [0.29, 0.717) is 24.1 Å². The first-order valence-corrected chi connectivity index (χ1v) is 30.4. The van der Waals surface area contributed by atoms with Crippen molar-refractivity contribution in [2.75, 3.05) is 54.1 Å². The molecule has 0 rings (SSSR count). The first-order chi connectivity index (χ1) is 34.6. The number of phosphoric acid groups is 1. The van der Waals surface area contributed by atoms with Crippen molar-refractivity contribution in [1.82, 2.24) is 0 Å². The summed E-state index contributed by atoms with van der Waals surface area (Å²) in [4.78, 5) is 25.3. The van der Waals surface area contributed by atoms with Gasteiger partial charge in [-0.2, -0.15) is 0 Å². The fourth-order valence-corrected chi connectivity index (χ4v) is 8.43. The van der Waals surface area contributed by atoms with Crippen LogP contribution in [-0.4, -0.2) is 70.7 Å². The minimum atomic E-state index is -4.55. The Kier molecular flexibility index (Phi) is 51.8. The molecule has 0 aliphatic rings. The number of unbranched alkanes of at least 4 members (excludes halogenated alkanes) is 23. The third-order valence-electron chi connectivity index (χ3n) is 12.1. The molecule has 0 aliphatic heterocycles. The average molecular weight is 1010 g/mol. The SMILES string of the molecule is CC/C=C\C/C=C\C/C=C\C/C=C\C/C=C\C/C=C\CCCCCCCCCOCC(COP(=O)([O-])OCC[N+](C)(C)C)OC(=O)CCCCCCCCCCCCC/C=C\C/C=C\CCCCCCC. The molecule has 8 nitrogen and oxygen atoms in total. The molecule has 0 spiro atoms. The molecule has 0 saturated heterocycles. The molecule has 2 unspecified atom stereocenters. The van der Waals surface area contributed by atoms with Crippen molar-refractivity contribution >= 4 is 13.8 Å². The lowest BCUT2D eigenvalue weighted by Crippen LogP contribution is -2.37. The van der Waals surface area contributed by atoms with Crippen LogP contribution in [0.15, 0.2) is 97.2 Å². The quantitative estimate of drug-likeness (QED) is 0.0197. The first-order valence-electron chi connectivity index (χ1n) is 29.0. The highest BCUT2D eigenvalue weighted by Gasteiger charge is 2.20. The number of nitrogens with zero attached hydrogens (tertiary/aromatic N) is 1. The fraction of sp³-hybridized carbons (Fsp3) is 0.726. The number of carbonyl (C=O) groups excluding carboxylic acids is 1. The summed E-state index contributed by atoms with van der Waals surface area (Å²) in [6.45, 7) is 5.26. The Bertz CT molecular complexity index is 1460. The second-order valence-corrected chi connectivity index (χ2v) is 21.7. The molecule has 0 aliphatic carbocycles. The third kappa shape index (κ3) is 58.2. The number of phosphoric ester groups is 1. The summed E-state index contributed by atoms with van der Waals surface area (Å²) in [5.41, 5.74) is 0. The minimum Gasteiger partial charge on any atom is -0.756 e. The number of quaternary nitrogens is 1. The normalized spacial score (nSPS) is 14.2. The summed E-state index contributed by atoms with van der Waals surface area (Å²) < 4.78 is 34.8. The zero-order valence-corrected chi connectivity index (χ0v) is 47.5. The molecule has 0 fully saturated rings. The number of ether oxygens (including phenoxy) is 2. The lowest BCUT2D eigenvalue weighted by atomic mass is 10.0. The maximum absolute atomic E-state index is 12.8. The smallest absolute Gasteiger partial charge is 0.306 e. The number of rotatable bonds is 53. The lowest BCUT2D eigenvalue weighted by molar-refractivity contribution is -0.870. The highest BCUT2D eigenvalue weighted by Crippen LogP contribution is 2.38. The third-order valence-corrected chi connectivity index (χ3v) is 13.1. The van der Waals surface area contributed by atoms with Crippen molar-refractivity contribution in [2.24, 2.45) is 0 Å². The van der Waals surface area contributed by atoms with Gasteiger partial charge in [-0.05, 0) is 96.3 Å². The van der Waals surface area contributed by atoms with Crippen molar-refractivity contribution in [2.45, 2.75) is 238 Å². The topological polar surface area (TPSA) is 94.1 Å². The summed E-state index contributed by atoms with van der Waals surface area (Å²) >= 11 is 0. The molecule has 0 aromatic heterocycles. The van der Waals surface area contributed by atoms with Crippen LogP contribution in [0.4, 0.5) is 0 Å². The molecule has 0 aromatic rings. The van der Waals surface area contributed by atoms with Gasteiger partial charge in [0.25, 0.3) is 7.82 Å². The van der Waals surface area contributed by atoms with E-state index in [1.807, 2.05) is 21.1 Å². The largest absolute Gasteiger partial charge is 0.756 e. The molecular weight excluding hydrogens is 902 g/mol. The number of hydrogen-bond donors (Lipinski definition) is 0. The molecule has 0 bridgehead atoms. The van der Waals surface area contributed by atoms with Crippen molar-refractivity contribution in [3.8, 4) is 0 Å². The van der Waals surface area contributed by atoms with E-state index < -0.39 is 13.9 Å². The van der Waals surface area contributed by atoms with Crippen LogP contribution in [0.1, 0.15) is 232 Å². The van der Waals surface area contributed by atoms with E-state index in [1.54, 1.807) is 0 Å². The van der Waals surface area contributed by atoms with Crippen LogP contribution in [0.2, 0.25) is 0 Å². The van der Waals surface area contributed by atoms with Gasteiger partial charge in [0.2, 0.25) is 0 Å². The second-order valence-electron chi connectivity index (χ2n) is 20.3. The lowest BCUT2D eigenvalue weighted by Gasteiger charge is -2.28. The standard InChI is InChI=1S/C62H110NO7P/c1-6-8-10-12-14-16-18-20-22-24-26-28-30-31-32-34-36-38-40-42-44-46-48-50-52-54-57-67-59-61(60-69-71(65,66)68-58-56-63(3,4)5)70-62(64)55-53-51-49-47-45-43-41-39-37-35-33-29-27-25-23-21-19-17-15-13-11-9-7-2/h8,10,14,16,19-22,25-28,31-32,36,38,61H,6-7,9,11-13,15,17-18,23-24,29-30,33-35,37,39-60H2,1-5H3/b10-8-,16-14-,21-19-,22-20-,27-25-,28-26-,32-31-,38-36-. The molecule has 0 radical (unpaired) electrons. The van der Waals surface area contributed by atoms with Crippen LogP contribution in [0.25, 0.3) is 0 Å². The molecule has 71 heavy (non-hydrogen) atoms. The Morgan fingerprint density at radius 3 is 1.23 bits per heavy atom. The Morgan fingerprint density at radius 2 is 0.817 bits per heavy atom. The van der Waals surface area contributed by atoms with E-state index in [0.717, 1.165) is 89.9 Å². The Morgan fingerprint density at radius 1 is 0.451 bits per heavy atom. The van der Waals surface area contributed by atoms with E-state index in [2.05, 4.69) is 111 Å². The van der Waals surface area contributed by atoms with Crippen molar-refractivity contribution in [3.05, 3.63) is 97.2 Å². The van der Waals surface area contributed by atoms with E-state index in [-0.39, 0.29) is 25.8 Å². The summed E-state index contributed by atoms with van der Waals surface area (Å²) in [5.74, 6) is -0.342. The van der Waals surface area contributed by atoms with Crippen LogP contribution in [0, 0.1) is 0 Å². The van der Waals surface area contributed by atoms with Gasteiger partial charge in [0, 0.05) is 13.0 Å². The van der Waals surface area contributed by atoms with Gasteiger partial charge in [-0.25, -0.2) is 0 Å². The molecular formula is C62H110NO7P. The van der Waals surface area contributed by atoms with Gasteiger partial charge >= 0.3 is 5.97 Å². The number of carbonyl (C=O) groups is 1. The van der Waals surface area contributed by atoms with Gasteiger partial charge in [-0.3, -0.25) is 9.36 Å². The highest BCUT2D eigenvalue weighted by molar-refractivity contribution is 7.45. The zero-order valence-electron chi connectivity index (χ0n) is 46.6. The van der Waals surface area contributed by atoms with Gasteiger partial charge in [-0.1, -0.05) is 227 Å². The monoisotopic (exact) mass is 1010 g/mol. The van der Waals surface area contributed by atoms with Gasteiger partial charge in [0.15, 0.2) is 0 Å². The van der Waals surface area contributed by atoms with E-state index >= 15 is 0 Å². The van der Waals surface area contributed by atoms with Gasteiger partial charge < -0.3 is 27.9 Å². The molecule has 9 heteroatoms.